The number of methoxy groups -OCH3 is 1. The first-order chi connectivity index (χ1) is 11.1. The minimum Gasteiger partial charge on any atom is -0.497 e. The number of hydrogen-bond acceptors (Lipinski definition) is 3. The second-order valence-electron chi connectivity index (χ2n) is 5.34. The molecule has 3 N–H and O–H groups in total. The van der Waals surface area contributed by atoms with Gasteiger partial charge in [-0.2, -0.15) is 0 Å². The molecule has 0 spiro atoms. The van der Waals surface area contributed by atoms with Crippen molar-refractivity contribution in [1.29, 1.82) is 0 Å². The van der Waals surface area contributed by atoms with Crippen LogP contribution in [0.2, 0.25) is 0 Å². The Labute approximate surface area is 136 Å². The summed E-state index contributed by atoms with van der Waals surface area (Å²) in [5, 5.41) is 15.5. The van der Waals surface area contributed by atoms with Crippen LogP contribution in [0.1, 0.15) is 22.8 Å². The Morgan fingerprint density at radius 2 is 1.74 bits per heavy atom. The molecule has 0 fully saturated rings. The maximum absolute atomic E-state index is 11.8. The van der Waals surface area contributed by atoms with Gasteiger partial charge in [0.2, 0.25) is 0 Å². The van der Waals surface area contributed by atoms with E-state index < -0.39 is 6.10 Å². The molecule has 0 saturated heterocycles. The van der Waals surface area contributed by atoms with Crippen LogP contribution in [0.25, 0.3) is 0 Å². The molecule has 2 aromatic carbocycles. The fourth-order valence-corrected chi connectivity index (χ4v) is 2.08. The molecule has 0 aromatic heterocycles. The van der Waals surface area contributed by atoms with Gasteiger partial charge in [0.1, 0.15) is 5.75 Å². The van der Waals surface area contributed by atoms with Crippen LogP contribution < -0.4 is 15.4 Å². The molecular formula is C18H22N2O3. The standard InChI is InChI=1S/C18H22N2O3/c1-13-3-5-14(6-4-13)11-19-18(22)20-12-17(21)15-7-9-16(23-2)10-8-15/h3-10,17,21H,11-12H2,1-2H3,(H2,19,20,22). The molecule has 122 valence electrons. The van der Waals surface area contributed by atoms with Crippen molar-refractivity contribution < 1.29 is 14.6 Å². The summed E-state index contributed by atoms with van der Waals surface area (Å²) < 4.78 is 5.07. The van der Waals surface area contributed by atoms with Crippen LogP contribution in [0.15, 0.2) is 48.5 Å². The van der Waals surface area contributed by atoms with Gasteiger partial charge in [-0.3, -0.25) is 0 Å². The van der Waals surface area contributed by atoms with Gasteiger partial charge in [-0.15, -0.1) is 0 Å². The topological polar surface area (TPSA) is 70.6 Å². The van der Waals surface area contributed by atoms with E-state index in [2.05, 4.69) is 10.6 Å². The van der Waals surface area contributed by atoms with Crippen LogP contribution >= 0.6 is 0 Å². The summed E-state index contributed by atoms with van der Waals surface area (Å²) in [6, 6.07) is 14.7. The largest absolute Gasteiger partial charge is 0.497 e. The van der Waals surface area contributed by atoms with E-state index in [0.29, 0.717) is 6.54 Å². The van der Waals surface area contributed by atoms with E-state index in [9.17, 15) is 9.90 Å². The quantitative estimate of drug-likeness (QED) is 0.767. The molecule has 0 aliphatic heterocycles. The highest BCUT2D eigenvalue weighted by Gasteiger charge is 2.09. The van der Waals surface area contributed by atoms with Gasteiger partial charge in [0.25, 0.3) is 0 Å². The molecular weight excluding hydrogens is 292 g/mol. The smallest absolute Gasteiger partial charge is 0.315 e. The lowest BCUT2D eigenvalue weighted by Crippen LogP contribution is -2.37. The molecule has 5 heteroatoms. The molecule has 2 aromatic rings. The zero-order valence-electron chi connectivity index (χ0n) is 13.4. The van der Waals surface area contributed by atoms with Crippen LogP contribution in [0, 0.1) is 6.92 Å². The van der Waals surface area contributed by atoms with Gasteiger partial charge in [-0.1, -0.05) is 42.0 Å². The highest BCUT2D eigenvalue weighted by molar-refractivity contribution is 5.73. The number of carbonyl (C=O) groups is 1. The van der Waals surface area contributed by atoms with Crippen molar-refractivity contribution >= 4 is 6.03 Å². The summed E-state index contributed by atoms with van der Waals surface area (Å²) in [7, 11) is 1.59. The average Bonchev–Trinajstić information content (AvgIpc) is 2.59. The summed E-state index contributed by atoms with van der Waals surface area (Å²) in [6.07, 6.45) is -0.758. The predicted molar refractivity (Wildman–Crippen MR) is 89.4 cm³/mol. The van der Waals surface area contributed by atoms with Gasteiger partial charge in [0.15, 0.2) is 0 Å². The minimum atomic E-state index is -0.758. The number of amides is 2. The average molecular weight is 314 g/mol. The van der Waals surface area contributed by atoms with E-state index in [1.54, 1.807) is 31.4 Å². The Hall–Kier alpha value is -2.53. The molecule has 0 radical (unpaired) electrons. The van der Waals surface area contributed by atoms with Crippen LogP contribution in [-0.4, -0.2) is 24.8 Å². The van der Waals surface area contributed by atoms with Crippen molar-refractivity contribution in [2.75, 3.05) is 13.7 Å². The fraction of sp³-hybridized carbons (Fsp3) is 0.278. The van der Waals surface area contributed by atoms with Crippen LogP contribution in [0.5, 0.6) is 5.75 Å². The third-order valence-electron chi connectivity index (χ3n) is 3.53. The molecule has 2 rings (SSSR count). The van der Waals surface area contributed by atoms with Crippen molar-refractivity contribution in [1.82, 2.24) is 10.6 Å². The van der Waals surface area contributed by atoms with Crippen LogP contribution in [0.4, 0.5) is 4.79 Å². The molecule has 5 nitrogen and oxygen atoms in total. The third kappa shape index (κ3) is 5.30. The lowest BCUT2D eigenvalue weighted by atomic mass is 10.1. The first-order valence-corrected chi connectivity index (χ1v) is 7.48. The maximum Gasteiger partial charge on any atom is 0.315 e. The Morgan fingerprint density at radius 3 is 2.35 bits per heavy atom. The highest BCUT2D eigenvalue weighted by Crippen LogP contribution is 2.16. The van der Waals surface area contributed by atoms with Crippen molar-refractivity contribution in [2.45, 2.75) is 19.6 Å². The van der Waals surface area contributed by atoms with Gasteiger partial charge in [0.05, 0.1) is 13.2 Å². The SMILES string of the molecule is COc1ccc(C(O)CNC(=O)NCc2ccc(C)cc2)cc1. The zero-order valence-corrected chi connectivity index (χ0v) is 13.4. The summed E-state index contributed by atoms with van der Waals surface area (Å²) in [5.74, 6) is 0.727. The zero-order chi connectivity index (χ0) is 16.7. The molecule has 1 atom stereocenters. The number of hydrogen-bond donors (Lipinski definition) is 3. The monoisotopic (exact) mass is 314 g/mol. The van der Waals surface area contributed by atoms with E-state index in [4.69, 9.17) is 4.74 Å². The molecule has 0 aliphatic rings. The summed E-state index contributed by atoms with van der Waals surface area (Å²) in [4.78, 5) is 11.8. The Kier molecular flexibility index (Phi) is 6.00. The van der Waals surface area contributed by atoms with Gasteiger partial charge in [-0.05, 0) is 30.2 Å². The Bertz CT molecular complexity index is 624. The number of aryl methyl sites for hydroxylation is 1. The number of urea groups is 1. The molecule has 0 bridgehead atoms. The summed E-state index contributed by atoms with van der Waals surface area (Å²) in [5.41, 5.74) is 2.94. The Morgan fingerprint density at radius 1 is 1.09 bits per heavy atom. The fourth-order valence-electron chi connectivity index (χ4n) is 2.08. The van der Waals surface area contributed by atoms with Gasteiger partial charge < -0.3 is 20.5 Å². The molecule has 1 unspecified atom stereocenters. The predicted octanol–water partition coefficient (Wildman–Crippen LogP) is 2.54. The van der Waals surface area contributed by atoms with Crippen LogP contribution in [0.3, 0.4) is 0 Å². The lowest BCUT2D eigenvalue weighted by molar-refractivity contribution is 0.173. The normalized spacial score (nSPS) is 11.6. The van der Waals surface area contributed by atoms with E-state index in [1.165, 1.54) is 5.56 Å². The first-order valence-electron chi connectivity index (χ1n) is 7.48. The van der Waals surface area contributed by atoms with Crippen molar-refractivity contribution in [3.63, 3.8) is 0 Å². The number of benzene rings is 2. The van der Waals surface area contributed by atoms with Gasteiger partial charge >= 0.3 is 6.03 Å². The lowest BCUT2D eigenvalue weighted by Gasteiger charge is -2.13. The molecule has 0 saturated carbocycles. The Balaban J connectivity index is 1.75. The maximum atomic E-state index is 11.8. The van der Waals surface area contributed by atoms with Crippen molar-refractivity contribution in [2.24, 2.45) is 0 Å². The second kappa shape index (κ2) is 8.19. The molecule has 0 aliphatic carbocycles. The number of rotatable bonds is 6. The van der Waals surface area contributed by atoms with E-state index in [1.807, 2.05) is 31.2 Å². The minimum absolute atomic E-state index is 0.145. The summed E-state index contributed by atoms with van der Waals surface area (Å²) >= 11 is 0. The number of carbonyl (C=O) groups excluding carboxylic acids is 1. The highest BCUT2D eigenvalue weighted by atomic mass is 16.5. The number of nitrogens with one attached hydrogen (secondary N) is 2. The van der Waals surface area contributed by atoms with Crippen molar-refractivity contribution in [3.05, 3.63) is 65.2 Å². The van der Waals surface area contributed by atoms with Gasteiger partial charge in [0, 0.05) is 13.1 Å². The molecule has 2 amide bonds. The second-order valence-corrected chi connectivity index (χ2v) is 5.34. The van der Waals surface area contributed by atoms with E-state index >= 15 is 0 Å². The number of aliphatic hydroxyl groups is 1. The third-order valence-corrected chi connectivity index (χ3v) is 3.53. The van der Waals surface area contributed by atoms with Crippen molar-refractivity contribution in [3.8, 4) is 5.75 Å². The first kappa shape index (κ1) is 16.8. The van der Waals surface area contributed by atoms with Gasteiger partial charge in [-0.25, -0.2) is 4.79 Å². The molecule has 0 heterocycles. The van der Waals surface area contributed by atoms with E-state index in [-0.39, 0.29) is 12.6 Å². The number of ether oxygens (including phenoxy) is 1. The van der Waals surface area contributed by atoms with Crippen LogP contribution in [-0.2, 0) is 6.54 Å². The molecule has 23 heavy (non-hydrogen) atoms. The number of aliphatic hydroxyl groups excluding tert-OH is 1. The summed E-state index contributed by atoms with van der Waals surface area (Å²) in [6.45, 7) is 2.61. The van der Waals surface area contributed by atoms with E-state index in [0.717, 1.165) is 16.9 Å².